The summed E-state index contributed by atoms with van der Waals surface area (Å²) < 4.78 is 15.3. The Hall–Kier alpha value is -2.04. The molecule has 0 atom stereocenters. The molecule has 22 heavy (non-hydrogen) atoms. The third-order valence-corrected chi connectivity index (χ3v) is 4.41. The van der Waals surface area contributed by atoms with Crippen LogP contribution in [0.2, 0.25) is 0 Å². The van der Waals surface area contributed by atoms with E-state index in [2.05, 4.69) is 10.3 Å². The number of rotatable bonds is 4. The lowest BCUT2D eigenvalue weighted by atomic mass is 10.1. The number of hydrogen-bond acceptors (Lipinski definition) is 1. The molecule has 0 saturated heterocycles. The summed E-state index contributed by atoms with van der Waals surface area (Å²) in [6, 6.07) is 5.40. The van der Waals surface area contributed by atoms with Crippen LogP contribution >= 0.6 is 0 Å². The van der Waals surface area contributed by atoms with Gasteiger partial charge in [0.25, 0.3) is 0 Å². The van der Waals surface area contributed by atoms with E-state index in [-0.39, 0.29) is 5.82 Å². The minimum atomic E-state index is -0.205. The molecule has 1 aromatic carbocycles. The van der Waals surface area contributed by atoms with Gasteiger partial charge in [-0.15, -0.1) is 0 Å². The lowest BCUT2D eigenvalue weighted by Crippen LogP contribution is -2.38. The van der Waals surface area contributed by atoms with Gasteiger partial charge in [-0.25, -0.2) is 4.39 Å². The van der Waals surface area contributed by atoms with Gasteiger partial charge in [-0.3, -0.25) is 4.99 Å². The highest BCUT2D eigenvalue weighted by atomic mass is 19.1. The Labute approximate surface area is 130 Å². The summed E-state index contributed by atoms with van der Waals surface area (Å²) in [4.78, 5) is 4.42. The maximum Gasteiger partial charge on any atom is 0.188 e. The predicted octanol–water partition coefficient (Wildman–Crippen LogP) is 2.71. The molecule has 3 N–H and O–H groups in total. The first-order valence-corrected chi connectivity index (χ1v) is 7.93. The van der Waals surface area contributed by atoms with Crippen LogP contribution < -0.4 is 11.1 Å². The molecule has 0 bridgehead atoms. The molecule has 0 radical (unpaired) electrons. The summed E-state index contributed by atoms with van der Waals surface area (Å²) in [6.45, 7) is 0.641. The van der Waals surface area contributed by atoms with Crippen LogP contribution in [-0.4, -0.2) is 23.1 Å². The van der Waals surface area contributed by atoms with Crippen molar-refractivity contribution >= 4 is 16.9 Å². The Morgan fingerprint density at radius 2 is 2.18 bits per heavy atom. The van der Waals surface area contributed by atoms with Gasteiger partial charge in [-0.2, -0.15) is 0 Å². The highest BCUT2D eigenvalue weighted by molar-refractivity contribution is 5.84. The van der Waals surface area contributed by atoms with Gasteiger partial charge in [0.05, 0.1) is 5.52 Å². The molecule has 1 fully saturated rings. The Bertz CT molecular complexity index is 683. The molecule has 4 nitrogen and oxygen atoms in total. The molecular weight excluding hydrogens is 279 g/mol. The van der Waals surface area contributed by atoms with Crippen molar-refractivity contribution in [2.75, 3.05) is 6.54 Å². The highest BCUT2D eigenvalue weighted by Crippen LogP contribution is 2.22. The fourth-order valence-electron chi connectivity index (χ4n) is 3.26. The molecule has 2 aromatic rings. The quantitative estimate of drug-likeness (QED) is 0.674. The number of benzene rings is 1. The van der Waals surface area contributed by atoms with Gasteiger partial charge in [0.15, 0.2) is 5.96 Å². The number of fused-ring (bicyclic) bond motifs is 1. The second-order valence-electron chi connectivity index (χ2n) is 6.07. The van der Waals surface area contributed by atoms with Gasteiger partial charge in [0.2, 0.25) is 0 Å². The van der Waals surface area contributed by atoms with Gasteiger partial charge in [-0.05, 0) is 43.0 Å². The van der Waals surface area contributed by atoms with Crippen LogP contribution in [0.15, 0.2) is 29.4 Å². The molecule has 1 saturated carbocycles. The third-order valence-electron chi connectivity index (χ3n) is 4.41. The van der Waals surface area contributed by atoms with Gasteiger partial charge < -0.3 is 15.6 Å². The molecule has 118 valence electrons. The molecular formula is C17H23FN4. The highest BCUT2D eigenvalue weighted by Gasteiger charge is 2.14. The summed E-state index contributed by atoms with van der Waals surface area (Å²) in [5, 5.41) is 4.37. The number of aliphatic imine (C=N–C) groups is 1. The van der Waals surface area contributed by atoms with E-state index >= 15 is 0 Å². The average molecular weight is 302 g/mol. The largest absolute Gasteiger partial charge is 0.370 e. The summed E-state index contributed by atoms with van der Waals surface area (Å²) in [6.07, 6.45) is 7.77. The van der Waals surface area contributed by atoms with Gasteiger partial charge in [0.1, 0.15) is 5.82 Å². The number of nitrogens with one attached hydrogen (secondary N) is 1. The molecule has 1 aliphatic rings. The summed E-state index contributed by atoms with van der Waals surface area (Å²) >= 11 is 0. The topological polar surface area (TPSA) is 55.3 Å². The number of nitrogens with zero attached hydrogens (tertiary/aromatic N) is 2. The summed E-state index contributed by atoms with van der Waals surface area (Å²) in [5.41, 5.74) is 8.03. The molecule has 3 rings (SSSR count). The van der Waals surface area contributed by atoms with Crippen molar-refractivity contribution in [2.24, 2.45) is 17.8 Å². The molecule has 0 unspecified atom stereocenters. The van der Waals surface area contributed by atoms with Gasteiger partial charge in [0, 0.05) is 31.2 Å². The molecule has 0 aliphatic heterocycles. The molecule has 1 heterocycles. The first-order chi connectivity index (χ1) is 10.6. The first-order valence-electron chi connectivity index (χ1n) is 7.93. The Morgan fingerprint density at radius 3 is 2.95 bits per heavy atom. The number of aromatic nitrogens is 1. The molecule has 0 spiro atoms. The van der Waals surface area contributed by atoms with Crippen molar-refractivity contribution in [1.29, 1.82) is 0 Å². The van der Waals surface area contributed by atoms with Crippen molar-refractivity contribution in [2.45, 2.75) is 38.1 Å². The van der Waals surface area contributed by atoms with Crippen LogP contribution in [0, 0.1) is 5.82 Å². The average Bonchev–Trinajstić information content (AvgIpc) is 3.08. The standard InChI is InChI=1S/C17H23FN4/c1-22-11-12(15-7-6-13(18)10-16(15)22)8-9-20-17(19)21-14-4-2-3-5-14/h6-7,10-11,14H,2-5,8-9H2,1H3,(H3,19,20,21). The second-order valence-corrected chi connectivity index (χ2v) is 6.07. The zero-order valence-electron chi connectivity index (χ0n) is 13.0. The fraction of sp³-hybridized carbons (Fsp3) is 0.471. The Balaban J connectivity index is 1.63. The molecule has 1 aliphatic carbocycles. The minimum Gasteiger partial charge on any atom is -0.370 e. The smallest absolute Gasteiger partial charge is 0.188 e. The monoisotopic (exact) mass is 302 g/mol. The Morgan fingerprint density at radius 1 is 1.41 bits per heavy atom. The van der Waals surface area contributed by atoms with Crippen LogP contribution in [0.1, 0.15) is 31.2 Å². The van der Waals surface area contributed by atoms with E-state index in [9.17, 15) is 4.39 Å². The molecule has 0 amide bonds. The summed E-state index contributed by atoms with van der Waals surface area (Å²) in [5.74, 6) is 0.335. The number of halogens is 1. The van der Waals surface area contributed by atoms with E-state index in [0.29, 0.717) is 18.5 Å². The molecule has 1 aromatic heterocycles. The lowest BCUT2D eigenvalue weighted by Gasteiger charge is -2.12. The van der Waals surface area contributed by atoms with E-state index < -0.39 is 0 Å². The number of nitrogens with two attached hydrogens (primary N) is 1. The van der Waals surface area contributed by atoms with Crippen molar-refractivity contribution in [3.05, 3.63) is 35.8 Å². The van der Waals surface area contributed by atoms with E-state index in [1.807, 2.05) is 23.9 Å². The van der Waals surface area contributed by atoms with Crippen LogP contribution in [-0.2, 0) is 13.5 Å². The SMILES string of the molecule is Cn1cc(CCN=C(N)NC2CCCC2)c2ccc(F)cc21. The second kappa shape index (κ2) is 6.38. The van der Waals surface area contributed by atoms with E-state index in [1.54, 1.807) is 6.07 Å². The zero-order valence-corrected chi connectivity index (χ0v) is 13.0. The van der Waals surface area contributed by atoms with Gasteiger partial charge in [-0.1, -0.05) is 12.8 Å². The van der Waals surface area contributed by atoms with E-state index in [4.69, 9.17) is 5.73 Å². The first kappa shape index (κ1) is 14.9. The predicted molar refractivity (Wildman–Crippen MR) is 88.5 cm³/mol. The lowest BCUT2D eigenvalue weighted by molar-refractivity contribution is 0.625. The van der Waals surface area contributed by atoms with Crippen LogP contribution in [0.5, 0.6) is 0 Å². The van der Waals surface area contributed by atoms with Gasteiger partial charge >= 0.3 is 0 Å². The zero-order chi connectivity index (χ0) is 15.5. The van der Waals surface area contributed by atoms with Crippen molar-refractivity contribution in [3.63, 3.8) is 0 Å². The van der Waals surface area contributed by atoms with E-state index in [0.717, 1.165) is 17.3 Å². The number of hydrogen-bond donors (Lipinski definition) is 2. The maximum absolute atomic E-state index is 13.3. The Kier molecular flexibility index (Phi) is 4.32. The molecule has 5 heteroatoms. The van der Waals surface area contributed by atoms with Crippen LogP contribution in [0.3, 0.4) is 0 Å². The van der Waals surface area contributed by atoms with Crippen molar-refractivity contribution in [3.8, 4) is 0 Å². The maximum atomic E-state index is 13.3. The van der Waals surface area contributed by atoms with Crippen molar-refractivity contribution < 1.29 is 4.39 Å². The normalized spacial score (nSPS) is 16.5. The number of aryl methyl sites for hydroxylation is 1. The van der Waals surface area contributed by atoms with Crippen LogP contribution in [0.25, 0.3) is 10.9 Å². The summed E-state index contributed by atoms with van der Waals surface area (Å²) in [7, 11) is 1.94. The minimum absolute atomic E-state index is 0.205. The number of guanidine groups is 1. The van der Waals surface area contributed by atoms with Crippen molar-refractivity contribution in [1.82, 2.24) is 9.88 Å². The van der Waals surface area contributed by atoms with Crippen LogP contribution in [0.4, 0.5) is 4.39 Å². The van der Waals surface area contributed by atoms with E-state index in [1.165, 1.54) is 37.3 Å². The fourth-order valence-corrected chi connectivity index (χ4v) is 3.26. The third kappa shape index (κ3) is 3.24.